The summed E-state index contributed by atoms with van der Waals surface area (Å²) in [4.78, 5) is 0. The molecule has 0 bridgehead atoms. The zero-order valence-electron chi connectivity index (χ0n) is 7.04. The van der Waals surface area contributed by atoms with Gasteiger partial charge in [-0.25, -0.2) is 0 Å². The Hall–Kier alpha value is -1.41. The van der Waals surface area contributed by atoms with Crippen molar-refractivity contribution in [3.63, 3.8) is 0 Å². The van der Waals surface area contributed by atoms with Crippen LogP contribution in [0.1, 0.15) is 0 Å². The van der Waals surface area contributed by atoms with Crippen molar-refractivity contribution in [2.24, 2.45) is 0 Å². The Morgan fingerprint density at radius 3 is 2.92 bits per heavy atom. The number of benzene rings is 2. The second-order valence-electron chi connectivity index (χ2n) is 3.14. The summed E-state index contributed by atoms with van der Waals surface area (Å²) in [5, 5.41) is 7.41. The van der Waals surface area contributed by atoms with Crippen LogP contribution in [0, 0.1) is 0 Å². The van der Waals surface area contributed by atoms with Gasteiger partial charge in [0.2, 0.25) is 0 Å². The quantitative estimate of drug-likeness (QED) is 0.607. The molecular weight excluding hydrogens is 174 g/mol. The lowest BCUT2D eigenvalue weighted by molar-refractivity contribution is 1.76. The van der Waals surface area contributed by atoms with E-state index in [2.05, 4.69) is 47.5 Å². The first-order valence-corrected chi connectivity index (χ1v) is 5.39. The first-order chi connectivity index (χ1) is 6.45. The van der Waals surface area contributed by atoms with E-state index in [0.29, 0.717) is 0 Å². The van der Waals surface area contributed by atoms with E-state index in [9.17, 15) is 0 Å². The molecule has 1 N–H and O–H groups in total. The molecule has 0 spiro atoms. The summed E-state index contributed by atoms with van der Waals surface area (Å²) in [5.74, 6) is 2.14. The maximum Gasteiger partial charge on any atom is 0.0836 e. The van der Waals surface area contributed by atoms with Crippen LogP contribution in [0.4, 0.5) is 5.69 Å². The molecule has 61 valence electrons. The van der Waals surface area contributed by atoms with Crippen molar-refractivity contribution in [1.82, 2.24) is 0 Å². The first kappa shape index (κ1) is 7.03. The summed E-state index contributed by atoms with van der Waals surface area (Å²) in [7, 11) is 0.807. The van der Waals surface area contributed by atoms with Gasteiger partial charge in [0, 0.05) is 11.1 Å². The molecule has 0 atom stereocenters. The Balaban J connectivity index is 2.46. The van der Waals surface area contributed by atoms with Crippen LogP contribution in [-0.2, 0) is 0 Å². The van der Waals surface area contributed by atoms with Gasteiger partial charge in [-0.2, -0.15) is 0 Å². The van der Waals surface area contributed by atoms with Crippen molar-refractivity contribution < 1.29 is 0 Å². The molecule has 0 amide bonds. The topological polar surface area (TPSA) is 12.0 Å². The Morgan fingerprint density at radius 2 is 1.92 bits per heavy atom. The predicted molar refractivity (Wildman–Crippen MR) is 59.0 cm³/mol. The maximum atomic E-state index is 3.33. The molecule has 3 rings (SSSR count). The largest absolute Gasteiger partial charge is 0.365 e. The zero-order chi connectivity index (χ0) is 8.67. The minimum atomic E-state index is 0.807. The highest BCUT2D eigenvalue weighted by atomic mass is 28.2. The molecule has 1 heterocycles. The van der Waals surface area contributed by atoms with E-state index in [-0.39, 0.29) is 0 Å². The van der Waals surface area contributed by atoms with Gasteiger partial charge in [-0.15, -0.1) is 0 Å². The highest BCUT2D eigenvalue weighted by Crippen LogP contribution is 2.21. The van der Waals surface area contributed by atoms with Gasteiger partial charge in [0.05, 0.1) is 9.13 Å². The molecule has 2 heteroatoms. The van der Waals surface area contributed by atoms with E-state index >= 15 is 0 Å². The highest BCUT2D eigenvalue weighted by molar-refractivity contribution is 6.67. The molecule has 1 nitrogen and oxygen atoms in total. The van der Waals surface area contributed by atoms with Crippen LogP contribution in [0.25, 0.3) is 10.8 Å². The van der Waals surface area contributed by atoms with Gasteiger partial charge in [-0.05, 0) is 16.4 Å². The lowest BCUT2D eigenvalue weighted by Crippen LogP contribution is -2.03. The molecule has 13 heavy (non-hydrogen) atoms. The van der Waals surface area contributed by atoms with Crippen molar-refractivity contribution in [1.29, 1.82) is 0 Å². The summed E-state index contributed by atoms with van der Waals surface area (Å²) < 4.78 is 0. The Bertz CT molecular complexity index is 502. The minimum Gasteiger partial charge on any atom is -0.365 e. The summed E-state index contributed by atoms with van der Waals surface area (Å²) >= 11 is 0. The van der Waals surface area contributed by atoms with E-state index in [1.807, 2.05) is 0 Å². The van der Waals surface area contributed by atoms with Crippen molar-refractivity contribution in [3.05, 3.63) is 36.4 Å². The number of fused-ring (bicyclic) bond motifs is 3. The van der Waals surface area contributed by atoms with E-state index < -0.39 is 0 Å². The van der Waals surface area contributed by atoms with Crippen LogP contribution in [0.3, 0.4) is 0 Å². The van der Waals surface area contributed by atoms with Gasteiger partial charge < -0.3 is 5.32 Å². The second kappa shape index (κ2) is 2.54. The molecule has 1 aliphatic rings. The van der Waals surface area contributed by atoms with Crippen molar-refractivity contribution in [2.75, 3.05) is 5.32 Å². The molecule has 0 fully saturated rings. The van der Waals surface area contributed by atoms with Gasteiger partial charge >= 0.3 is 0 Å². The Morgan fingerprint density at radius 1 is 1.00 bits per heavy atom. The number of anilines is 1. The number of hydrogen-bond donors (Lipinski definition) is 1. The van der Waals surface area contributed by atoms with Crippen LogP contribution in [0.5, 0.6) is 0 Å². The van der Waals surface area contributed by atoms with Gasteiger partial charge in [0.25, 0.3) is 0 Å². The third-order valence-corrected chi connectivity index (χ3v) is 3.39. The lowest BCUT2D eigenvalue weighted by atomic mass is 10.1. The van der Waals surface area contributed by atoms with Crippen LogP contribution in [-0.4, -0.2) is 14.9 Å². The van der Waals surface area contributed by atoms with E-state index in [4.69, 9.17) is 0 Å². The third kappa shape index (κ3) is 0.955. The smallest absolute Gasteiger partial charge is 0.0836 e. The number of rotatable bonds is 0. The van der Waals surface area contributed by atoms with Crippen LogP contribution < -0.4 is 10.5 Å². The highest BCUT2D eigenvalue weighted by Gasteiger charge is 2.07. The summed E-state index contributed by atoms with van der Waals surface area (Å²) in [6.45, 7) is 0. The van der Waals surface area contributed by atoms with Crippen LogP contribution in [0.2, 0.25) is 0 Å². The standard InChI is InChI=1S/C11H8NSi/c1-2-4-9-8(3-1)5-6-10-11(9)12-7-13-10/h1-7,12H. The monoisotopic (exact) mass is 182 g/mol. The van der Waals surface area contributed by atoms with Gasteiger partial charge in [0.1, 0.15) is 0 Å². The molecule has 2 aromatic rings. The van der Waals surface area contributed by atoms with Crippen molar-refractivity contribution in [2.45, 2.75) is 0 Å². The average molecular weight is 182 g/mol. The fourth-order valence-electron chi connectivity index (χ4n) is 1.73. The molecule has 0 aromatic heterocycles. The van der Waals surface area contributed by atoms with Gasteiger partial charge in [-0.1, -0.05) is 36.4 Å². The van der Waals surface area contributed by atoms with Gasteiger partial charge in [0.15, 0.2) is 0 Å². The zero-order valence-corrected chi connectivity index (χ0v) is 8.04. The first-order valence-electron chi connectivity index (χ1n) is 4.32. The molecule has 0 aliphatic carbocycles. The molecule has 0 saturated heterocycles. The normalized spacial score (nSPS) is 12.9. The summed E-state index contributed by atoms with van der Waals surface area (Å²) in [5.41, 5.74) is 1.30. The minimum absolute atomic E-state index is 0.807. The maximum absolute atomic E-state index is 3.33. The van der Waals surface area contributed by atoms with Crippen molar-refractivity contribution >= 4 is 36.6 Å². The van der Waals surface area contributed by atoms with Crippen molar-refractivity contribution in [3.8, 4) is 0 Å². The average Bonchev–Trinajstić information content (AvgIpc) is 2.65. The number of nitrogens with one attached hydrogen (secondary N) is 1. The fraction of sp³-hybridized carbons (Fsp3) is 0. The van der Waals surface area contributed by atoms with Gasteiger partial charge in [-0.3, -0.25) is 0 Å². The molecular formula is C11H8NSi. The van der Waals surface area contributed by atoms with E-state index in [0.717, 1.165) is 9.13 Å². The SMILES string of the molecule is C1=[Si]c2ccc3ccccc3c2N1. The second-order valence-corrected chi connectivity index (χ2v) is 4.26. The molecule has 0 saturated carbocycles. The summed E-state index contributed by atoms with van der Waals surface area (Å²) in [6.07, 6.45) is 0. The lowest BCUT2D eigenvalue weighted by Gasteiger charge is -2.04. The van der Waals surface area contributed by atoms with E-state index in [1.54, 1.807) is 0 Å². The Kier molecular flexibility index (Phi) is 1.37. The molecule has 0 unspecified atom stereocenters. The van der Waals surface area contributed by atoms with Crippen LogP contribution >= 0.6 is 0 Å². The third-order valence-electron chi connectivity index (χ3n) is 2.37. The molecule has 1 aliphatic heterocycles. The number of hydrogen-bond acceptors (Lipinski definition) is 1. The predicted octanol–water partition coefficient (Wildman–Crippen LogP) is 1.35. The molecule has 1 radical (unpaired) electrons. The Labute approximate surface area is 78.8 Å². The summed E-state index contributed by atoms with van der Waals surface area (Å²) in [6, 6.07) is 12.9. The van der Waals surface area contributed by atoms with E-state index in [1.165, 1.54) is 21.6 Å². The fourth-order valence-corrected chi connectivity index (χ4v) is 2.64. The molecule has 2 aromatic carbocycles. The van der Waals surface area contributed by atoms with Crippen LogP contribution in [0.15, 0.2) is 36.4 Å².